The largest absolute Gasteiger partial charge is 0.424 e. The first-order valence-corrected chi connectivity index (χ1v) is 3.59. The summed E-state index contributed by atoms with van der Waals surface area (Å²) in [5.41, 5.74) is 0. The zero-order chi connectivity index (χ0) is 10.3. The van der Waals surface area contributed by atoms with Crippen molar-refractivity contribution in [3.05, 3.63) is 0 Å². The standard InChI is InChI=1S/C7H12O6/c1-5(12-6(9)3-8)13-7(10)4-11-2/h5,8H,3-4H2,1-2H3. The van der Waals surface area contributed by atoms with Crippen LogP contribution in [0, 0.1) is 0 Å². The van der Waals surface area contributed by atoms with Crippen LogP contribution in [-0.4, -0.2) is 43.7 Å². The minimum Gasteiger partial charge on any atom is -0.424 e. The molecule has 0 aromatic carbocycles. The first-order chi connectivity index (χ1) is 6.10. The summed E-state index contributed by atoms with van der Waals surface area (Å²) in [7, 11) is 1.34. The number of rotatable bonds is 5. The fourth-order valence-electron chi connectivity index (χ4n) is 0.583. The quantitative estimate of drug-likeness (QED) is 0.447. The van der Waals surface area contributed by atoms with Crippen LogP contribution in [-0.2, 0) is 23.8 Å². The monoisotopic (exact) mass is 192 g/mol. The molecule has 13 heavy (non-hydrogen) atoms. The van der Waals surface area contributed by atoms with Gasteiger partial charge in [0.25, 0.3) is 0 Å². The second-order valence-electron chi connectivity index (χ2n) is 2.14. The third-order valence-electron chi connectivity index (χ3n) is 0.986. The summed E-state index contributed by atoms with van der Waals surface area (Å²) in [6.45, 7) is 0.411. The zero-order valence-electron chi connectivity index (χ0n) is 7.48. The molecule has 0 aromatic heterocycles. The zero-order valence-corrected chi connectivity index (χ0v) is 7.48. The second kappa shape index (κ2) is 6.38. The van der Waals surface area contributed by atoms with Gasteiger partial charge in [-0.05, 0) is 0 Å². The molecule has 0 aliphatic carbocycles. The molecular formula is C7H12O6. The number of hydrogen-bond donors (Lipinski definition) is 1. The van der Waals surface area contributed by atoms with Gasteiger partial charge >= 0.3 is 11.9 Å². The Morgan fingerprint density at radius 2 is 1.85 bits per heavy atom. The van der Waals surface area contributed by atoms with Crippen LogP contribution in [0.5, 0.6) is 0 Å². The number of aliphatic hydroxyl groups excluding tert-OH is 1. The Hall–Kier alpha value is -1.14. The van der Waals surface area contributed by atoms with Crippen LogP contribution in [0.15, 0.2) is 0 Å². The molecule has 6 heteroatoms. The molecule has 0 saturated heterocycles. The summed E-state index contributed by atoms with van der Waals surface area (Å²) in [5.74, 6) is -1.49. The van der Waals surface area contributed by atoms with E-state index in [0.717, 1.165) is 0 Å². The van der Waals surface area contributed by atoms with Crippen LogP contribution >= 0.6 is 0 Å². The molecule has 0 radical (unpaired) electrons. The summed E-state index contributed by atoms with van der Waals surface area (Å²) in [6, 6.07) is 0. The Morgan fingerprint density at radius 1 is 1.31 bits per heavy atom. The molecule has 76 valence electrons. The fraction of sp³-hybridized carbons (Fsp3) is 0.714. The molecule has 1 atom stereocenters. The summed E-state index contributed by atoms with van der Waals surface area (Å²) in [5, 5.41) is 8.28. The Bertz CT molecular complexity index is 178. The van der Waals surface area contributed by atoms with Gasteiger partial charge in [0.2, 0.25) is 6.29 Å². The van der Waals surface area contributed by atoms with E-state index in [2.05, 4.69) is 14.2 Å². The van der Waals surface area contributed by atoms with Crippen molar-refractivity contribution < 1.29 is 28.9 Å². The number of methoxy groups -OCH3 is 1. The fourth-order valence-corrected chi connectivity index (χ4v) is 0.583. The number of carbonyl (C=O) groups excluding carboxylic acids is 2. The molecule has 0 saturated carbocycles. The van der Waals surface area contributed by atoms with Crippen molar-refractivity contribution in [2.45, 2.75) is 13.2 Å². The lowest BCUT2D eigenvalue weighted by Crippen LogP contribution is -2.25. The Morgan fingerprint density at radius 3 is 2.31 bits per heavy atom. The highest BCUT2D eigenvalue weighted by atomic mass is 16.7. The molecule has 0 aliphatic rings. The Labute approximate surface area is 75.4 Å². The van der Waals surface area contributed by atoms with Crippen molar-refractivity contribution in [2.75, 3.05) is 20.3 Å². The van der Waals surface area contributed by atoms with Gasteiger partial charge in [0.1, 0.15) is 13.2 Å². The third kappa shape index (κ3) is 6.06. The van der Waals surface area contributed by atoms with E-state index in [-0.39, 0.29) is 6.61 Å². The van der Waals surface area contributed by atoms with E-state index < -0.39 is 24.8 Å². The van der Waals surface area contributed by atoms with Gasteiger partial charge < -0.3 is 19.3 Å². The number of carbonyl (C=O) groups is 2. The smallest absolute Gasteiger partial charge is 0.335 e. The van der Waals surface area contributed by atoms with Gasteiger partial charge in [0, 0.05) is 14.0 Å². The number of hydrogen-bond acceptors (Lipinski definition) is 6. The maximum atomic E-state index is 10.7. The lowest BCUT2D eigenvalue weighted by Gasteiger charge is -2.12. The number of aliphatic hydroxyl groups is 1. The SMILES string of the molecule is COCC(=O)OC(C)OC(=O)CO. The molecule has 6 nitrogen and oxygen atoms in total. The molecular weight excluding hydrogens is 180 g/mol. The average Bonchev–Trinajstić information content (AvgIpc) is 2.04. The van der Waals surface area contributed by atoms with Crippen molar-refractivity contribution in [1.82, 2.24) is 0 Å². The Kier molecular flexibility index (Phi) is 5.82. The maximum Gasteiger partial charge on any atom is 0.335 e. The highest BCUT2D eigenvalue weighted by Gasteiger charge is 2.12. The minimum atomic E-state index is -1.01. The van der Waals surface area contributed by atoms with Gasteiger partial charge in [-0.15, -0.1) is 0 Å². The van der Waals surface area contributed by atoms with Crippen molar-refractivity contribution in [3.63, 3.8) is 0 Å². The van der Waals surface area contributed by atoms with Crippen LogP contribution in [0.4, 0.5) is 0 Å². The maximum absolute atomic E-state index is 10.7. The van der Waals surface area contributed by atoms with Crippen LogP contribution in [0.3, 0.4) is 0 Å². The number of ether oxygens (including phenoxy) is 3. The topological polar surface area (TPSA) is 82.1 Å². The predicted molar refractivity (Wildman–Crippen MR) is 40.6 cm³/mol. The van der Waals surface area contributed by atoms with Crippen molar-refractivity contribution >= 4 is 11.9 Å². The van der Waals surface area contributed by atoms with Gasteiger partial charge in [-0.3, -0.25) is 0 Å². The highest BCUT2D eigenvalue weighted by Crippen LogP contribution is 1.94. The minimum absolute atomic E-state index is 0.207. The van der Waals surface area contributed by atoms with Crippen LogP contribution in [0.1, 0.15) is 6.92 Å². The summed E-state index contributed by atoms with van der Waals surface area (Å²) < 4.78 is 13.4. The molecule has 0 heterocycles. The van der Waals surface area contributed by atoms with Gasteiger partial charge in [-0.2, -0.15) is 0 Å². The molecule has 0 bridgehead atoms. The summed E-state index contributed by atoms with van der Waals surface area (Å²) in [4.78, 5) is 21.2. The van der Waals surface area contributed by atoms with Crippen molar-refractivity contribution in [2.24, 2.45) is 0 Å². The molecule has 0 aliphatic heterocycles. The summed E-state index contributed by atoms with van der Waals surface area (Å²) >= 11 is 0. The van der Waals surface area contributed by atoms with E-state index in [9.17, 15) is 9.59 Å². The van der Waals surface area contributed by atoms with E-state index in [1.165, 1.54) is 14.0 Å². The lowest BCUT2D eigenvalue weighted by molar-refractivity contribution is -0.188. The highest BCUT2D eigenvalue weighted by molar-refractivity contribution is 5.72. The molecule has 1 N–H and O–H groups in total. The Balaban J connectivity index is 3.67. The van der Waals surface area contributed by atoms with Gasteiger partial charge in [-0.1, -0.05) is 0 Å². The lowest BCUT2D eigenvalue weighted by atomic mass is 10.6. The second-order valence-corrected chi connectivity index (χ2v) is 2.14. The van der Waals surface area contributed by atoms with E-state index in [4.69, 9.17) is 5.11 Å². The molecule has 1 unspecified atom stereocenters. The van der Waals surface area contributed by atoms with Crippen LogP contribution < -0.4 is 0 Å². The van der Waals surface area contributed by atoms with Gasteiger partial charge in [0.15, 0.2) is 0 Å². The predicted octanol–water partition coefficient (Wildman–Crippen LogP) is -0.943. The van der Waals surface area contributed by atoms with Gasteiger partial charge in [0.05, 0.1) is 0 Å². The third-order valence-corrected chi connectivity index (χ3v) is 0.986. The first-order valence-electron chi connectivity index (χ1n) is 3.59. The molecule has 0 fully saturated rings. The molecule has 0 rings (SSSR count). The molecule has 0 aromatic rings. The van der Waals surface area contributed by atoms with E-state index >= 15 is 0 Å². The van der Waals surface area contributed by atoms with Gasteiger partial charge in [-0.25, -0.2) is 9.59 Å². The van der Waals surface area contributed by atoms with E-state index in [0.29, 0.717) is 0 Å². The number of esters is 2. The van der Waals surface area contributed by atoms with E-state index in [1.54, 1.807) is 0 Å². The van der Waals surface area contributed by atoms with Crippen LogP contribution in [0.2, 0.25) is 0 Å². The molecule has 0 amide bonds. The first kappa shape index (κ1) is 11.9. The van der Waals surface area contributed by atoms with Crippen LogP contribution in [0.25, 0.3) is 0 Å². The van der Waals surface area contributed by atoms with Crippen molar-refractivity contribution in [1.29, 1.82) is 0 Å². The summed E-state index contributed by atoms with van der Waals surface area (Å²) in [6.07, 6.45) is -1.01. The van der Waals surface area contributed by atoms with Crippen molar-refractivity contribution in [3.8, 4) is 0 Å². The normalized spacial score (nSPS) is 11.9. The van der Waals surface area contributed by atoms with E-state index in [1.807, 2.05) is 0 Å². The molecule has 0 spiro atoms. The average molecular weight is 192 g/mol.